The van der Waals surface area contributed by atoms with Crippen LogP contribution in [0.4, 0.5) is 0 Å². The molecule has 1 saturated carbocycles. The Labute approximate surface area is 81.6 Å². The lowest BCUT2D eigenvalue weighted by molar-refractivity contribution is 0.218. The van der Waals surface area contributed by atoms with Crippen LogP contribution in [0.3, 0.4) is 0 Å². The number of hydrogen-bond donors (Lipinski definition) is 1. The molecule has 2 rings (SSSR count). The molecule has 0 saturated heterocycles. The van der Waals surface area contributed by atoms with Gasteiger partial charge in [-0.3, -0.25) is 0 Å². The maximum atomic E-state index is 3.49. The van der Waals surface area contributed by atoms with Gasteiger partial charge >= 0.3 is 0 Å². The summed E-state index contributed by atoms with van der Waals surface area (Å²) in [6.07, 6.45) is 6.65. The Bertz CT molecular complexity index is 219. The summed E-state index contributed by atoms with van der Waals surface area (Å²) in [4.78, 5) is 0. The van der Waals surface area contributed by atoms with Gasteiger partial charge in [0.1, 0.15) is 0 Å². The van der Waals surface area contributed by atoms with Crippen LogP contribution in [0.2, 0.25) is 0 Å². The van der Waals surface area contributed by atoms with Crippen LogP contribution in [-0.4, -0.2) is 13.1 Å². The van der Waals surface area contributed by atoms with Gasteiger partial charge in [-0.1, -0.05) is 25.5 Å². The van der Waals surface area contributed by atoms with Gasteiger partial charge in [0.2, 0.25) is 0 Å². The molecule has 1 fully saturated rings. The Balaban J connectivity index is 2.19. The van der Waals surface area contributed by atoms with Gasteiger partial charge in [0.05, 0.1) is 0 Å². The second kappa shape index (κ2) is 3.45. The summed E-state index contributed by atoms with van der Waals surface area (Å²) in [5.41, 5.74) is 1.72. The van der Waals surface area contributed by atoms with Crippen molar-refractivity contribution < 1.29 is 0 Å². The summed E-state index contributed by atoms with van der Waals surface area (Å²) in [5.74, 6) is 2.56. The third kappa shape index (κ3) is 1.67. The topological polar surface area (TPSA) is 12.0 Å². The van der Waals surface area contributed by atoms with E-state index in [2.05, 4.69) is 32.3 Å². The molecule has 2 aliphatic rings. The Kier molecular flexibility index (Phi) is 2.46. The molecule has 13 heavy (non-hydrogen) atoms. The molecule has 0 aromatic rings. The molecule has 1 N–H and O–H groups in total. The second-order valence-corrected chi connectivity index (χ2v) is 5.01. The summed E-state index contributed by atoms with van der Waals surface area (Å²) in [7, 11) is 2.11. The average Bonchev–Trinajstić information content (AvgIpc) is 2.02. The summed E-state index contributed by atoms with van der Waals surface area (Å²) < 4.78 is 0. The van der Waals surface area contributed by atoms with Crippen molar-refractivity contribution in [2.75, 3.05) is 7.05 Å². The van der Waals surface area contributed by atoms with Crippen LogP contribution in [0.15, 0.2) is 11.6 Å². The lowest BCUT2D eigenvalue weighted by Gasteiger charge is -2.41. The van der Waals surface area contributed by atoms with E-state index in [4.69, 9.17) is 0 Å². The molecule has 0 radical (unpaired) electrons. The first-order chi connectivity index (χ1) is 6.20. The van der Waals surface area contributed by atoms with Gasteiger partial charge in [0.25, 0.3) is 0 Å². The fourth-order valence-electron chi connectivity index (χ4n) is 3.36. The molecule has 0 aromatic heterocycles. The van der Waals surface area contributed by atoms with Crippen LogP contribution in [-0.2, 0) is 0 Å². The first-order valence-electron chi connectivity index (χ1n) is 5.57. The van der Waals surface area contributed by atoms with Crippen molar-refractivity contribution in [3.05, 3.63) is 11.6 Å². The van der Waals surface area contributed by atoms with Crippen molar-refractivity contribution >= 4 is 0 Å². The number of hydrogen-bond acceptors (Lipinski definition) is 1. The number of fused-ring (bicyclic) bond motifs is 2. The SMILES string of the molecule is CNC1C(C)C=C2CC(C)CC1C2. The van der Waals surface area contributed by atoms with Gasteiger partial charge in [-0.15, -0.1) is 0 Å². The van der Waals surface area contributed by atoms with Crippen molar-refractivity contribution in [1.29, 1.82) is 0 Å². The van der Waals surface area contributed by atoms with Crippen molar-refractivity contribution in [2.24, 2.45) is 17.8 Å². The van der Waals surface area contributed by atoms with E-state index in [-0.39, 0.29) is 0 Å². The molecule has 4 unspecified atom stereocenters. The highest BCUT2D eigenvalue weighted by Crippen LogP contribution is 2.40. The van der Waals surface area contributed by atoms with E-state index in [1.807, 2.05) is 0 Å². The highest BCUT2D eigenvalue weighted by atomic mass is 14.9. The van der Waals surface area contributed by atoms with Crippen LogP contribution in [0.1, 0.15) is 33.1 Å². The van der Waals surface area contributed by atoms with E-state index < -0.39 is 0 Å². The standard InChI is InChI=1S/C12H21N/c1-8-4-10-6-9(2)12(13-3)11(5-8)7-10/h6,8-9,11-13H,4-5,7H2,1-3H3. The van der Waals surface area contributed by atoms with Gasteiger partial charge in [0, 0.05) is 6.04 Å². The monoisotopic (exact) mass is 179 g/mol. The predicted octanol–water partition coefficient (Wildman–Crippen LogP) is 2.59. The summed E-state index contributed by atoms with van der Waals surface area (Å²) in [5, 5.41) is 3.49. The number of nitrogens with one attached hydrogen (secondary N) is 1. The van der Waals surface area contributed by atoms with Crippen molar-refractivity contribution in [3.8, 4) is 0 Å². The second-order valence-electron chi connectivity index (χ2n) is 5.01. The first-order valence-corrected chi connectivity index (χ1v) is 5.57. The molecule has 4 atom stereocenters. The number of rotatable bonds is 1. The Morgan fingerprint density at radius 2 is 2.08 bits per heavy atom. The van der Waals surface area contributed by atoms with Crippen LogP contribution >= 0.6 is 0 Å². The fraction of sp³-hybridized carbons (Fsp3) is 0.833. The lowest BCUT2D eigenvalue weighted by Crippen LogP contribution is -2.43. The highest BCUT2D eigenvalue weighted by Gasteiger charge is 2.34. The molecule has 2 bridgehead atoms. The molecule has 0 aliphatic heterocycles. The fourth-order valence-corrected chi connectivity index (χ4v) is 3.36. The molecular weight excluding hydrogens is 158 g/mol. The third-order valence-corrected chi connectivity index (χ3v) is 3.75. The number of allylic oxidation sites excluding steroid dienone is 1. The molecule has 0 spiro atoms. The van der Waals surface area contributed by atoms with E-state index in [9.17, 15) is 0 Å². The molecule has 1 heteroatoms. The third-order valence-electron chi connectivity index (χ3n) is 3.75. The largest absolute Gasteiger partial charge is 0.316 e. The Hall–Kier alpha value is -0.300. The highest BCUT2D eigenvalue weighted by molar-refractivity contribution is 5.16. The maximum Gasteiger partial charge on any atom is 0.0156 e. The van der Waals surface area contributed by atoms with Gasteiger partial charge in [0.15, 0.2) is 0 Å². The normalized spacial score (nSPS) is 44.4. The van der Waals surface area contributed by atoms with E-state index >= 15 is 0 Å². The van der Waals surface area contributed by atoms with Crippen molar-refractivity contribution in [3.63, 3.8) is 0 Å². The zero-order chi connectivity index (χ0) is 9.42. The minimum Gasteiger partial charge on any atom is -0.316 e. The predicted molar refractivity (Wildman–Crippen MR) is 56.6 cm³/mol. The molecule has 0 aromatic carbocycles. The molecule has 0 heterocycles. The summed E-state index contributed by atoms with van der Waals surface area (Å²) in [6.45, 7) is 4.74. The maximum absolute atomic E-state index is 3.49. The zero-order valence-corrected chi connectivity index (χ0v) is 9.01. The minimum atomic E-state index is 0.728. The molecule has 1 nitrogen and oxygen atoms in total. The van der Waals surface area contributed by atoms with Gasteiger partial charge in [-0.25, -0.2) is 0 Å². The van der Waals surface area contributed by atoms with Gasteiger partial charge < -0.3 is 5.32 Å². The van der Waals surface area contributed by atoms with Crippen molar-refractivity contribution in [1.82, 2.24) is 5.32 Å². The summed E-state index contributed by atoms with van der Waals surface area (Å²) >= 11 is 0. The Morgan fingerprint density at radius 1 is 1.31 bits per heavy atom. The van der Waals surface area contributed by atoms with Crippen LogP contribution in [0.25, 0.3) is 0 Å². The quantitative estimate of drug-likeness (QED) is 0.610. The van der Waals surface area contributed by atoms with Crippen LogP contribution in [0.5, 0.6) is 0 Å². The average molecular weight is 179 g/mol. The van der Waals surface area contributed by atoms with Gasteiger partial charge in [-0.05, 0) is 44.1 Å². The van der Waals surface area contributed by atoms with E-state index in [0.717, 1.165) is 23.8 Å². The molecule has 0 amide bonds. The first kappa shape index (κ1) is 9.26. The smallest absolute Gasteiger partial charge is 0.0156 e. The zero-order valence-electron chi connectivity index (χ0n) is 9.01. The van der Waals surface area contributed by atoms with Crippen LogP contribution in [0, 0.1) is 17.8 Å². The minimum absolute atomic E-state index is 0.728. The summed E-state index contributed by atoms with van der Waals surface area (Å²) in [6, 6.07) is 0.728. The van der Waals surface area contributed by atoms with E-state index in [1.54, 1.807) is 5.57 Å². The van der Waals surface area contributed by atoms with Crippen molar-refractivity contribution in [2.45, 2.75) is 39.2 Å². The molecule has 2 aliphatic carbocycles. The van der Waals surface area contributed by atoms with Gasteiger partial charge in [-0.2, -0.15) is 0 Å². The van der Waals surface area contributed by atoms with E-state index in [1.165, 1.54) is 19.3 Å². The molecule has 74 valence electrons. The lowest BCUT2D eigenvalue weighted by atomic mass is 9.68. The van der Waals surface area contributed by atoms with E-state index in [0.29, 0.717) is 0 Å². The van der Waals surface area contributed by atoms with Crippen LogP contribution < -0.4 is 5.32 Å². The Morgan fingerprint density at radius 3 is 2.77 bits per heavy atom. The molecular formula is C12H21N.